The number of fused-ring (bicyclic) bond motifs is 1. The molecule has 0 unspecified atom stereocenters. The Balaban J connectivity index is 2.34. The molecule has 0 radical (unpaired) electrons. The smallest absolute Gasteiger partial charge is 0.285 e. The summed E-state index contributed by atoms with van der Waals surface area (Å²) >= 11 is 1.26. The van der Waals surface area contributed by atoms with Crippen molar-refractivity contribution in [2.45, 2.75) is 18.4 Å². The van der Waals surface area contributed by atoms with E-state index in [-0.39, 0.29) is 4.90 Å². The number of benzene rings is 2. The number of rotatable bonds is 5. The standard InChI is InChI=1S/C17H18N2O4S2/c1-4-19-15-13(22-2)10-11-14(23-3)16(15)24-17(19)18-25(20,21)12-8-6-5-7-9-12/h5-11H,4H2,1-3H3. The number of hydrogen-bond donors (Lipinski definition) is 0. The summed E-state index contributed by atoms with van der Waals surface area (Å²) in [7, 11) is -0.642. The Kier molecular flexibility index (Phi) is 4.82. The highest BCUT2D eigenvalue weighted by molar-refractivity contribution is 7.90. The van der Waals surface area contributed by atoms with Crippen LogP contribution in [-0.4, -0.2) is 27.2 Å². The van der Waals surface area contributed by atoms with Gasteiger partial charge in [-0.25, -0.2) is 0 Å². The van der Waals surface area contributed by atoms with Crippen LogP contribution >= 0.6 is 11.3 Å². The predicted molar refractivity (Wildman–Crippen MR) is 97.8 cm³/mol. The molecule has 0 spiro atoms. The summed E-state index contributed by atoms with van der Waals surface area (Å²) in [5, 5.41) is 0. The van der Waals surface area contributed by atoms with Crippen LogP contribution in [0.4, 0.5) is 0 Å². The van der Waals surface area contributed by atoms with Crippen LogP contribution < -0.4 is 14.3 Å². The molecule has 0 saturated carbocycles. The zero-order chi connectivity index (χ0) is 18.0. The van der Waals surface area contributed by atoms with Gasteiger partial charge in [0.05, 0.1) is 19.1 Å². The van der Waals surface area contributed by atoms with E-state index in [1.54, 1.807) is 44.6 Å². The Morgan fingerprint density at radius 3 is 2.28 bits per heavy atom. The van der Waals surface area contributed by atoms with Crippen molar-refractivity contribution in [1.82, 2.24) is 4.57 Å². The van der Waals surface area contributed by atoms with Crippen molar-refractivity contribution in [3.05, 3.63) is 47.3 Å². The molecule has 0 saturated heterocycles. The molecular formula is C17H18N2O4S2. The number of aromatic nitrogens is 1. The molecular weight excluding hydrogens is 360 g/mol. The van der Waals surface area contributed by atoms with Crippen molar-refractivity contribution >= 4 is 31.6 Å². The van der Waals surface area contributed by atoms with Gasteiger partial charge in [0.15, 0.2) is 0 Å². The average molecular weight is 378 g/mol. The van der Waals surface area contributed by atoms with Gasteiger partial charge in [-0.05, 0) is 31.2 Å². The second kappa shape index (κ2) is 6.89. The second-order valence-corrected chi connectivity index (χ2v) is 7.74. The normalized spacial score (nSPS) is 12.5. The van der Waals surface area contributed by atoms with E-state index >= 15 is 0 Å². The Morgan fingerprint density at radius 1 is 1.04 bits per heavy atom. The Labute approximate surface area is 150 Å². The number of methoxy groups -OCH3 is 2. The topological polar surface area (TPSA) is 69.9 Å². The SMILES string of the molecule is CCn1c(=NS(=O)(=O)c2ccccc2)sc2c(OC)ccc(OC)c21. The molecule has 1 aromatic heterocycles. The van der Waals surface area contributed by atoms with Gasteiger partial charge in [0.1, 0.15) is 21.7 Å². The van der Waals surface area contributed by atoms with E-state index < -0.39 is 10.0 Å². The molecule has 0 amide bonds. The minimum absolute atomic E-state index is 0.161. The van der Waals surface area contributed by atoms with Crippen LogP contribution in [0.15, 0.2) is 51.8 Å². The van der Waals surface area contributed by atoms with Gasteiger partial charge >= 0.3 is 0 Å². The Hall–Kier alpha value is -2.32. The largest absolute Gasteiger partial charge is 0.495 e. The number of sulfonamides is 1. The maximum absolute atomic E-state index is 12.6. The van der Waals surface area contributed by atoms with E-state index in [1.165, 1.54) is 23.5 Å². The van der Waals surface area contributed by atoms with Crippen LogP contribution in [0.3, 0.4) is 0 Å². The summed E-state index contributed by atoms with van der Waals surface area (Å²) in [6.45, 7) is 2.48. The van der Waals surface area contributed by atoms with Gasteiger partial charge in [0.2, 0.25) is 4.80 Å². The maximum Gasteiger partial charge on any atom is 0.285 e. The molecule has 0 aliphatic heterocycles. The molecule has 0 fully saturated rings. The monoisotopic (exact) mass is 378 g/mol. The third-order valence-electron chi connectivity index (χ3n) is 3.75. The van der Waals surface area contributed by atoms with E-state index in [9.17, 15) is 8.42 Å². The average Bonchev–Trinajstić information content (AvgIpc) is 2.99. The first-order chi connectivity index (χ1) is 12.0. The first-order valence-electron chi connectivity index (χ1n) is 7.62. The van der Waals surface area contributed by atoms with Crippen molar-refractivity contribution in [3.8, 4) is 11.5 Å². The van der Waals surface area contributed by atoms with Crippen molar-refractivity contribution in [2.24, 2.45) is 4.40 Å². The van der Waals surface area contributed by atoms with Gasteiger partial charge in [-0.1, -0.05) is 29.5 Å². The molecule has 0 aliphatic rings. The fraction of sp³-hybridized carbons (Fsp3) is 0.235. The summed E-state index contributed by atoms with van der Waals surface area (Å²) in [5.74, 6) is 1.30. The zero-order valence-electron chi connectivity index (χ0n) is 14.1. The van der Waals surface area contributed by atoms with Crippen molar-refractivity contribution in [3.63, 3.8) is 0 Å². The van der Waals surface area contributed by atoms with Crippen LogP contribution in [0.2, 0.25) is 0 Å². The summed E-state index contributed by atoms with van der Waals surface area (Å²) in [5.41, 5.74) is 0.774. The number of thiazole rings is 1. The van der Waals surface area contributed by atoms with Crippen LogP contribution in [0.25, 0.3) is 10.2 Å². The van der Waals surface area contributed by atoms with E-state index in [1.807, 2.05) is 11.5 Å². The molecule has 6 nitrogen and oxygen atoms in total. The number of aryl methyl sites for hydroxylation is 1. The second-order valence-electron chi connectivity index (χ2n) is 5.16. The highest BCUT2D eigenvalue weighted by Gasteiger charge is 2.18. The summed E-state index contributed by atoms with van der Waals surface area (Å²) in [6, 6.07) is 11.8. The van der Waals surface area contributed by atoms with Gasteiger partial charge < -0.3 is 14.0 Å². The Bertz CT molecular complexity index is 1070. The molecule has 2 aromatic carbocycles. The maximum atomic E-state index is 12.6. The molecule has 0 N–H and O–H groups in total. The van der Waals surface area contributed by atoms with Crippen LogP contribution in [0.5, 0.6) is 11.5 Å². The van der Waals surface area contributed by atoms with Crippen molar-refractivity contribution < 1.29 is 17.9 Å². The lowest BCUT2D eigenvalue weighted by Crippen LogP contribution is -2.16. The summed E-state index contributed by atoms with van der Waals surface area (Å²) in [4.78, 5) is 0.540. The first kappa shape index (κ1) is 17.5. The molecule has 0 bridgehead atoms. The summed E-state index contributed by atoms with van der Waals surface area (Å²) in [6.07, 6.45) is 0. The van der Waals surface area contributed by atoms with Crippen LogP contribution in [0, 0.1) is 0 Å². The predicted octanol–water partition coefficient (Wildman–Crippen LogP) is 3.03. The molecule has 25 heavy (non-hydrogen) atoms. The lowest BCUT2D eigenvalue weighted by Gasteiger charge is -2.08. The van der Waals surface area contributed by atoms with Gasteiger partial charge in [-0.15, -0.1) is 4.40 Å². The lowest BCUT2D eigenvalue weighted by molar-refractivity contribution is 0.409. The third-order valence-corrected chi connectivity index (χ3v) is 6.24. The Morgan fingerprint density at radius 2 is 1.68 bits per heavy atom. The van der Waals surface area contributed by atoms with Crippen molar-refractivity contribution in [2.75, 3.05) is 14.2 Å². The summed E-state index contributed by atoms with van der Waals surface area (Å²) < 4.78 is 42.8. The van der Waals surface area contributed by atoms with Crippen LogP contribution in [0.1, 0.15) is 6.92 Å². The zero-order valence-corrected chi connectivity index (χ0v) is 15.7. The quantitative estimate of drug-likeness (QED) is 0.684. The van der Waals surface area contributed by atoms with Gasteiger partial charge in [-0.3, -0.25) is 0 Å². The molecule has 132 valence electrons. The van der Waals surface area contributed by atoms with Crippen molar-refractivity contribution in [1.29, 1.82) is 0 Å². The molecule has 3 rings (SSSR count). The van der Waals surface area contributed by atoms with Gasteiger partial charge in [0.25, 0.3) is 10.0 Å². The molecule has 3 aromatic rings. The van der Waals surface area contributed by atoms with E-state index in [4.69, 9.17) is 9.47 Å². The van der Waals surface area contributed by atoms with E-state index in [0.717, 1.165) is 10.2 Å². The van der Waals surface area contributed by atoms with Gasteiger partial charge in [-0.2, -0.15) is 8.42 Å². The molecule has 1 heterocycles. The molecule has 0 aliphatic carbocycles. The molecule has 0 atom stereocenters. The highest BCUT2D eigenvalue weighted by atomic mass is 32.2. The number of hydrogen-bond acceptors (Lipinski definition) is 5. The fourth-order valence-electron chi connectivity index (χ4n) is 2.57. The number of nitrogens with zero attached hydrogens (tertiary/aromatic N) is 2. The third kappa shape index (κ3) is 3.14. The van der Waals surface area contributed by atoms with E-state index in [2.05, 4.69) is 4.40 Å². The van der Waals surface area contributed by atoms with Crippen LogP contribution in [-0.2, 0) is 16.6 Å². The first-order valence-corrected chi connectivity index (χ1v) is 9.88. The number of ether oxygens (including phenoxy) is 2. The van der Waals surface area contributed by atoms with Gasteiger partial charge in [0, 0.05) is 6.54 Å². The lowest BCUT2D eigenvalue weighted by atomic mass is 10.3. The molecule has 8 heteroatoms. The highest BCUT2D eigenvalue weighted by Crippen LogP contribution is 2.35. The minimum Gasteiger partial charge on any atom is -0.495 e. The minimum atomic E-state index is -3.80. The fourth-order valence-corrected chi connectivity index (χ4v) is 4.99. The van der Waals surface area contributed by atoms with E-state index in [0.29, 0.717) is 22.8 Å².